The van der Waals surface area contributed by atoms with E-state index in [-0.39, 0.29) is 12.5 Å². The van der Waals surface area contributed by atoms with E-state index in [2.05, 4.69) is 0 Å². The Morgan fingerprint density at radius 2 is 2.05 bits per heavy atom. The standard InChI is InChI=1S/C14H20N2O3/c1-18-12-5-4-11(9-15)8-13(12)19-10-14(17)16-6-2-3-7-16/h4-5,8H,2-3,6-7,9-10,15H2,1H3. The van der Waals surface area contributed by atoms with Gasteiger partial charge in [-0.15, -0.1) is 0 Å². The minimum Gasteiger partial charge on any atom is -0.493 e. The molecule has 2 N–H and O–H groups in total. The smallest absolute Gasteiger partial charge is 0.260 e. The van der Waals surface area contributed by atoms with Crippen LogP contribution in [0.4, 0.5) is 0 Å². The first-order valence-corrected chi connectivity index (χ1v) is 6.52. The molecule has 0 saturated carbocycles. The zero-order valence-corrected chi connectivity index (χ0v) is 11.2. The summed E-state index contributed by atoms with van der Waals surface area (Å²) in [5, 5.41) is 0. The molecule has 1 aliphatic rings. The number of rotatable bonds is 5. The highest BCUT2D eigenvalue weighted by atomic mass is 16.5. The molecule has 1 aromatic carbocycles. The Labute approximate surface area is 113 Å². The number of benzene rings is 1. The average Bonchev–Trinajstić information content (AvgIpc) is 2.98. The third-order valence-corrected chi connectivity index (χ3v) is 3.27. The van der Waals surface area contributed by atoms with E-state index in [1.165, 1.54) is 0 Å². The molecule has 5 nitrogen and oxygen atoms in total. The van der Waals surface area contributed by atoms with E-state index in [9.17, 15) is 4.79 Å². The third-order valence-electron chi connectivity index (χ3n) is 3.27. The van der Waals surface area contributed by atoms with E-state index < -0.39 is 0 Å². The van der Waals surface area contributed by atoms with Crippen LogP contribution < -0.4 is 15.2 Å². The Bertz CT molecular complexity index is 442. The van der Waals surface area contributed by atoms with Crippen LogP contribution in [0.25, 0.3) is 0 Å². The van der Waals surface area contributed by atoms with Crippen LogP contribution in [-0.4, -0.2) is 37.6 Å². The minimum atomic E-state index is 0.0257. The lowest BCUT2D eigenvalue weighted by atomic mass is 10.2. The Hall–Kier alpha value is -1.75. The largest absolute Gasteiger partial charge is 0.493 e. The summed E-state index contributed by atoms with van der Waals surface area (Å²) >= 11 is 0. The van der Waals surface area contributed by atoms with Crippen LogP contribution in [0.15, 0.2) is 18.2 Å². The molecule has 0 bridgehead atoms. The lowest BCUT2D eigenvalue weighted by molar-refractivity contribution is -0.132. The molecule has 0 aromatic heterocycles. The van der Waals surface area contributed by atoms with Crippen LogP contribution in [0.5, 0.6) is 11.5 Å². The van der Waals surface area contributed by atoms with Gasteiger partial charge in [0.15, 0.2) is 18.1 Å². The predicted octanol–water partition coefficient (Wildman–Crippen LogP) is 1.16. The third kappa shape index (κ3) is 3.38. The first-order chi connectivity index (χ1) is 9.24. The van der Waals surface area contributed by atoms with Crippen molar-refractivity contribution in [2.45, 2.75) is 19.4 Å². The van der Waals surface area contributed by atoms with Crippen molar-refractivity contribution < 1.29 is 14.3 Å². The fourth-order valence-corrected chi connectivity index (χ4v) is 2.16. The molecule has 1 amide bonds. The van der Waals surface area contributed by atoms with E-state index in [1.54, 1.807) is 13.2 Å². The van der Waals surface area contributed by atoms with Crippen molar-refractivity contribution in [3.05, 3.63) is 23.8 Å². The zero-order valence-electron chi connectivity index (χ0n) is 11.2. The van der Waals surface area contributed by atoms with Gasteiger partial charge in [-0.2, -0.15) is 0 Å². The van der Waals surface area contributed by atoms with Gasteiger partial charge in [-0.05, 0) is 30.5 Å². The lowest BCUT2D eigenvalue weighted by Crippen LogP contribution is -2.32. The fourth-order valence-electron chi connectivity index (χ4n) is 2.16. The lowest BCUT2D eigenvalue weighted by Gasteiger charge is -2.16. The molecule has 1 saturated heterocycles. The average molecular weight is 264 g/mol. The number of hydrogen-bond donors (Lipinski definition) is 1. The number of methoxy groups -OCH3 is 1. The van der Waals surface area contributed by atoms with Gasteiger partial charge in [0.25, 0.3) is 5.91 Å². The second-order valence-electron chi connectivity index (χ2n) is 4.57. The van der Waals surface area contributed by atoms with E-state index in [4.69, 9.17) is 15.2 Å². The summed E-state index contributed by atoms with van der Waals surface area (Å²) in [5.41, 5.74) is 6.54. The van der Waals surface area contributed by atoms with Crippen molar-refractivity contribution in [1.82, 2.24) is 4.90 Å². The highest BCUT2D eigenvalue weighted by molar-refractivity contribution is 5.78. The zero-order chi connectivity index (χ0) is 13.7. The molecule has 19 heavy (non-hydrogen) atoms. The van der Waals surface area contributed by atoms with Crippen LogP contribution in [-0.2, 0) is 11.3 Å². The number of carbonyl (C=O) groups excluding carboxylic acids is 1. The van der Waals surface area contributed by atoms with Gasteiger partial charge in [0.2, 0.25) is 0 Å². The molecular formula is C14H20N2O3. The van der Waals surface area contributed by atoms with E-state index in [0.29, 0.717) is 18.0 Å². The van der Waals surface area contributed by atoms with Gasteiger partial charge in [0.1, 0.15) is 0 Å². The predicted molar refractivity (Wildman–Crippen MR) is 72.2 cm³/mol. The molecule has 1 heterocycles. The summed E-state index contributed by atoms with van der Waals surface area (Å²) in [6, 6.07) is 5.50. The summed E-state index contributed by atoms with van der Waals surface area (Å²) in [6.45, 7) is 2.15. The number of ether oxygens (including phenoxy) is 2. The first kappa shape index (κ1) is 13.7. The second kappa shape index (κ2) is 6.43. The second-order valence-corrected chi connectivity index (χ2v) is 4.57. The highest BCUT2D eigenvalue weighted by Gasteiger charge is 2.18. The molecule has 2 rings (SSSR count). The summed E-state index contributed by atoms with van der Waals surface area (Å²) in [5.74, 6) is 1.21. The normalized spacial score (nSPS) is 14.5. The van der Waals surface area contributed by atoms with E-state index >= 15 is 0 Å². The maximum Gasteiger partial charge on any atom is 0.260 e. The number of nitrogens with zero attached hydrogens (tertiary/aromatic N) is 1. The van der Waals surface area contributed by atoms with Gasteiger partial charge < -0.3 is 20.1 Å². The number of amides is 1. The molecule has 0 radical (unpaired) electrons. The van der Waals surface area contributed by atoms with Crippen molar-refractivity contribution in [3.63, 3.8) is 0 Å². The Kier molecular flexibility index (Phi) is 4.63. The van der Waals surface area contributed by atoms with Gasteiger partial charge in [-0.25, -0.2) is 0 Å². The van der Waals surface area contributed by atoms with Crippen molar-refractivity contribution >= 4 is 5.91 Å². The maximum atomic E-state index is 11.9. The fraction of sp³-hybridized carbons (Fsp3) is 0.500. The van der Waals surface area contributed by atoms with E-state index in [1.807, 2.05) is 17.0 Å². The number of likely N-dealkylation sites (tertiary alicyclic amines) is 1. The minimum absolute atomic E-state index is 0.0257. The van der Waals surface area contributed by atoms with Gasteiger partial charge in [-0.3, -0.25) is 4.79 Å². The molecule has 1 fully saturated rings. The van der Waals surface area contributed by atoms with Gasteiger partial charge in [0, 0.05) is 19.6 Å². The number of carbonyl (C=O) groups is 1. The Morgan fingerprint density at radius 3 is 2.68 bits per heavy atom. The molecule has 104 valence electrons. The Balaban J connectivity index is 1.99. The van der Waals surface area contributed by atoms with Crippen LogP contribution in [0.2, 0.25) is 0 Å². The maximum absolute atomic E-state index is 11.9. The summed E-state index contributed by atoms with van der Waals surface area (Å²) in [7, 11) is 1.58. The molecule has 1 aliphatic heterocycles. The van der Waals surface area contributed by atoms with Gasteiger partial charge in [-0.1, -0.05) is 6.07 Å². The van der Waals surface area contributed by atoms with E-state index in [0.717, 1.165) is 31.5 Å². The molecule has 1 aromatic rings. The topological polar surface area (TPSA) is 64.8 Å². The number of nitrogens with two attached hydrogens (primary N) is 1. The Morgan fingerprint density at radius 1 is 1.32 bits per heavy atom. The van der Waals surface area contributed by atoms with Crippen LogP contribution in [0.3, 0.4) is 0 Å². The van der Waals surface area contributed by atoms with Crippen LogP contribution in [0, 0.1) is 0 Å². The molecule has 0 unspecified atom stereocenters. The van der Waals surface area contributed by atoms with Crippen molar-refractivity contribution in [3.8, 4) is 11.5 Å². The molecular weight excluding hydrogens is 244 g/mol. The SMILES string of the molecule is COc1ccc(CN)cc1OCC(=O)N1CCCC1. The quantitative estimate of drug-likeness (QED) is 0.866. The monoisotopic (exact) mass is 264 g/mol. The van der Waals surface area contributed by atoms with Gasteiger partial charge in [0.05, 0.1) is 7.11 Å². The molecule has 0 aliphatic carbocycles. The summed E-state index contributed by atoms with van der Waals surface area (Å²) < 4.78 is 10.8. The first-order valence-electron chi connectivity index (χ1n) is 6.52. The van der Waals surface area contributed by atoms with Gasteiger partial charge >= 0.3 is 0 Å². The summed E-state index contributed by atoms with van der Waals surface area (Å²) in [4.78, 5) is 13.7. The molecule has 0 spiro atoms. The van der Waals surface area contributed by atoms with Crippen LogP contribution >= 0.6 is 0 Å². The number of hydrogen-bond acceptors (Lipinski definition) is 4. The molecule has 0 atom stereocenters. The molecule has 5 heteroatoms. The van der Waals surface area contributed by atoms with Crippen molar-refractivity contribution in [2.75, 3.05) is 26.8 Å². The van der Waals surface area contributed by atoms with Crippen molar-refractivity contribution in [1.29, 1.82) is 0 Å². The highest BCUT2D eigenvalue weighted by Crippen LogP contribution is 2.28. The van der Waals surface area contributed by atoms with Crippen LogP contribution in [0.1, 0.15) is 18.4 Å². The van der Waals surface area contributed by atoms with Crippen molar-refractivity contribution in [2.24, 2.45) is 5.73 Å². The summed E-state index contributed by atoms with van der Waals surface area (Å²) in [6.07, 6.45) is 2.16.